The Morgan fingerprint density at radius 1 is 1.65 bits per heavy atom. The molecule has 0 aliphatic carbocycles. The summed E-state index contributed by atoms with van der Waals surface area (Å²) in [6.07, 6.45) is -1.67. The molecule has 2 unspecified atom stereocenters. The monoisotopic (exact) mass is 244 g/mol. The molecule has 8 nitrogen and oxygen atoms in total. The first-order chi connectivity index (χ1) is 7.90. The Morgan fingerprint density at radius 2 is 2.29 bits per heavy atom. The molecule has 0 bridgehead atoms. The summed E-state index contributed by atoms with van der Waals surface area (Å²) in [5.74, 6) is -1.54. The largest absolute Gasteiger partial charge is 0.481 e. The molecule has 1 rings (SSSR count). The number of guanidine groups is 1. The van der Waals surface area contributed by atoms with Crippen LogP contribution in [0.4, 0.5) is 0 Å². The average molecular weight is 244 g/mol. The van der Waals surface area contributed by atoms with Gasteiger partial charge >= 0.3 is 5.97 Å². The van der Waals surface area contributed by atoms with Crippen LogP contribution in [0.5, 0.6) is 0 Å². The van der Waals surface area contributed by atoms with Crippen LogP contribution in [0.15, 0.2) is 0 Å². The van der Waals surface area contributed by atoms with Crippen LogP contribution in [0.1, 0.15) is 19.3 Å². The first-order valence-corrected chi connectivity index (χ1v) is 5.20. The minimum absolute atomic E-state index is 0.0254. The Balaban J connectivity index is 2.53. The number of likely N-dealkylation sites (tertiary alicyclic amines) is 1. The molecule has 6 N–H and O–H groups in total. The molecule has 1 heterocycles. The van der Waals surface area contributed by atoms with Crippen molar-refractivity contribution in [2.75, 3.05) is 6.54 Å². The zero-order valence-corrected chi connectivity index (χ0v) is 9.22. The van der Waals surface area contributed by atoms with Gasteiger partial charge in [-0.1, -0.05) is 0 Å². The van der Waals surface area contributed by atoms with Crippen LogP contribution in [0.2, 0.25) is 0 Å². The summed E-state index contributed by atoms with van der Waals surface area (Å²) < 4.78 is 0. The Hall–Kier alpha value is -1.83. The van der Waals surface area contributed by atoms with Gasteiger partial charge in [0.1, 0.15) is 6.17 Å². The van der Waals surface area contributed by atoms with Gasteiger partial charge in [0.2, 0.25) is 5.91 Å². The lowest BCUT2D eigenvalue weighted by atomic mass is 10.1. The van der Waals surface area contributed by atoms with Crippen molar-refractivity contribution >= 4 is 17.8 Å². The molecule has 2 atom stereocenters. The zero-order valence-electron chi connectivity index (χ0n) is 9.22. The van der Waals surface area contributed by atoms with Gasteiger partial charge in [0.15, 0.2) is 5.96 Å². The maximum Gasteiger partial charge on any atom is 0.305 e. The van der Waals surface area contributed by atoms with Gasteiger partial charge in [0, 0.05) is 19.4 Å². The number of β-lactam (4-membered cyclic amide) rings is 1. The van der Waals surface area contributed by atoms with Gasteiger partial charge in [-0.15, -0.1) is 0 Å². The number of hydrogen-bond donors (Lipinski definition) is 5. The van der Waals surface area contributed by atoms with Crippen molar-refractivity contribution in [2.24, 2.45) is 5.73 Å². The van der Waals surface area contributed by atoms with Gasteiger partial charge in [-0.3, -0.25) is 15.0 Å². The lowest BCUT2D eigenvalue weighted by molar-refractivity contribution is -0.144. The fourth-order valence-corrected chi connectivity index (χ4v) is 1.65. The number of nitrogens with one attached hydrogen (secondary N) is 2. The van der Waals surface area contributed by atoms with Crippen molar-refractivity contribution in [1.29, 1.82) is 5.41 Å². The number of aliphatic hydroxyl groups is 1. The van der Waals surface area contributed by atoms with E-state index in [-0.39, 0.29) is 18.3 Å². The molecular formula is C9H16N4O4. The van der Waals surface area contributed by atoms with Crippen molar-refractivity contribution in [2.45, 2.75) is 31.5 Å². The third kappa shape index (κ3) is 3.91. The lowest BCUT2D eigenvalue weighted by Crippen LogP contribution is -2.59. The van der Waals surface area contributed by atoms with E-state index in [1.54, 1.807) is 0 Å². The molecule has 1 aliphatic rings. The summed E-state index contributed by atoms with van der Waals surface area (Å²) >= 11 is 0. The first kappa shape index (κ1) is 13.2. The minimum Gasteiger partial charge on any atom is -0.481 e. The quantitative estimate of drug-likeness (QED) is 0.213. The van der Waals surface area contributed by atoms with E-state index in [1.807, 2.05) is 0 Å². The van der Waals surface area contributed by atoms with Gasteiger partial charge in [-0.05, 0) is 0 Å². The molecule has 17 heavy (non-hydrogen) atoms. The Labute approximate surface area is 97.9 Å². The molecule has 96 valence electrons. The topological polar surface area (TPSA) is 140 Å². The number of hydrogen-bond acceptors (Lipinski definition) is 4. The van der Waals surface area contributed by atoms with E-state index in [4.69, 9.17) is 16.2 Å². The van der Waals surface area contributed by atoms with Crippen molar-refractivity contribution in [3.05, 3.63) is 0 Å². The highest BCUT2D eigenvalue weighted by Gasteiger charge is 2.32. The SMILES string of the molecule is N=C(N)NC(CC(O)CC(=O)O)N1CCC1=O. The molecule has 1 aliphatic heterocycles. The van der Waals surface area contributed by atoms with Crippen LogP contribution in [0.3, 0.4) is 0 Å². The summed E-state index contributed by atoms with van der Waals surface area (Å²) in [6.45, 7) is 0.517. The fraction of sp³-hybridized carbons (Fsp3) is 0.667. The molecule has 0 aromatic heterocycles. The second-order valence-corrected chi connectivity index (χ2v) is 3.90. The number of carbonyl (C=O) groups excluding carboxylic acids is 1. The van der Waals surface area contributed by atoms with E-state index < -0.39 is 24.7 Å². The predicted molar refractivity (Wildman–Crippen MR) is 58.0 cm³/mol. The number of aliphatic hydroxyl groups excluding tert-OH is 1. The minimum atomic E-state index is -1.12. The molecule has 8 heteroatoms. The van der Waals surface area contributed by atoms with E-state index in [0.717, 1.165) is 0 Å². The van der Waals surface area contributed by atoms with Crippen LogP contribution >= 0.6 is 0 Å². The number of rotatable bonds is 6. The third-order valence-electron chi connectivity index (χ3n) is 2.49. The van der Waals surface area contributed by atoms with Crippen LogP contribution in [-0.4, -0.2) is 51.8 Å². The summed E-state index contributed by atoms with van der Waals surface area (Å²) in [7, 11) is 0. The summed E-state index contributed by atoms with van der Waals surface area (Å²) in [6, 6.07) is 0. The van der Waals surface area contributed by atoms with Crippen molar-refractivity contribution in [3.63, 3.8) is 0 Å². The molecule has 0 spiro atoms. The van der Waals surface area contributed by atoms with Gasteiger partial charge < -0.3 is 26.2 Å². The van der Waals surface area contributed by atoms with Gasteiger partial charge in [0.05, 0.1) is 12.5 Å². The molecule has 0 radical (unpaired) electrons. The molecule has 0 aromatic rings. The second-order valence-electron chi connectivity index (χ2n) is 3.90. The van der Waals surface area contributed by atoms with E-state index >= 15 is 0 Å². The van der Waals surface area contributed by atoms with E-state index in [1.165, 1.54) is 4.90 Å². The van der Waals surface area contributed by atoms with Gasteiger partial charge in [-0.25, -0.2) is 0 Å². The first-order valence-electron chi connectivity index (χ1n) is 5.20. The van der Waals surface area contributed by atoms with Crippen LogP contribution in [0, 0.1) is 5.41 Å². The average Bonchev–Trinajstić information content (AvgIpc) is 2.12. The maximum absolute atomic E-state index is 11.2. The molecular weight excluding hydrogens is 228 g/mol. The normalized spacial score (nSPS) is 18.2. The van der Waals surface area contributed by atoms with Crippen molar-refractivity contribution in [1.82, 2.24) is 10.2 Å². The molecule has 1 fully saturated rings. The Kier molecular flexibility index (Phi) is 4.27. The number of nitrogens with two attached hydrogens (primary N) is 1. The highest BCUT2D eigenvalue weighted by molar-refractivity contribution is 5.83. The maximum atomic E-state index is 11.2. The zero-order chi connectivity index (χ0) is 13.0. The number of aliphatic carboxylic acids is 1. The Morgan fingerprint density at radius 3 is 2.65 bits per heavy atom. The Bertz CT molecular complexity index is 333. The van der Waals surface area contributed by atoms with Gasteiger partial charge in [-0.2, -0.15) is 0 Å². The number of amides is 1. The molecule has 0 saturated carbocycles. The molecule has 1 saturated heterocycles. The standard InChI is InChI=1S/C9H16N4O4/c10-9(11)12-6(13-2-1-7(13)15)3-5(14)4-8(16)17/h5-6,14H,1-4H2,(H,16,17)(H4,10,11,12). The van der Waals surface area contributed by atoms with Crippen LogP contribution in [-0.2, 0) is 9.59 Å². The highest BCUT2D eigenvalue weighted by Crippen LogP contribution is 2.16. The third-order valence-corrected chi connectivity index (χ3v) is 2.49. The molecule has 1 amide bonds. The number of carboxylic acid groups (broad SMARTS) is 1. The summed E-state index contributed by atoms with van der Waals surface area (Å²) in [5.41, 5.74) is 5.17. The second kappa shape index (κ2) is 5.48. The molecule has 0 aromatic carbocycles. The van der Waals surface area contributed by atoms with E-state index in [9.17, 15) is 14.7 Å². The van der Waals surface area contributed by atoms with Crippen molar-refractivity contribution < 1.29 is 19.8 Å². The van der Waals surface area contributed by atoms with Crippen molar-refractivity contribution in [3.8, 4) is 0 Å². The number of carboxylic acids is 1. The smallest absolute Gasteiger partial charge is 0.305 e. The van der Waals surface area contributed by atoms with E-state index in [0.29, 0.717) is 13.0 Å². The van der Waals surface area contributed by atoms with E-state index in [2.05, 4.69) is 5.32 Å². The van der Waals surface area contributed by atoms with Gasteiger partial charge in [0.25, 0.3) is 0 Å². The van der Waals surface area contributed by atoms with Crippen LogP contribution in [0.25, 0.3) is 0 Å². The highest BCUT2D eigenvalue weighted by atomic mass is 16.4. The summed E-state index contributed by atoms with van der Waals surface area (Å²) in [4.78, 5) is 23.1. The van der Waals surface area contributed by atoms with Crippen LogP contribution < -0.4 is 11.1 Å². The lowest BCUT2D eigenvalue weighted by Gasteiger charge is -2.39. The number of nitrogens with zero attached hydrogens (tertiary/aromatic N) is 1. The predicted octanol–water partition coefficient (Wildman–Crippen LogP) is -1.75. The number of carbonyl (C=O) groups is 2. The fourth-order valence-electron chi connectivity index (χ4n) is 1.65. The summed E-state index contributed by atoms with van der Waals surface area (Å²) in [5, 5.41) is 27.6.